The maximum Gasteiger partial charge on any atom is 0.256 e. The van der Waals surface area contributed by atoms with Crippen LogP contribution in [0.15, 0.2) is 24.7 Å². The zero-order chi connectivity index (χ0) is 13.7. The minimum absolute atomic E-state index is 0.0243. The zero-order valence-electron chi connectivity index (χ0n) is 11.1. The van der Waals surface area contributed by atoms with E-state index in [2.05, 4.69) is 22.3 Å². The molecule has 1 N–H and O–H groups in total. The summed E-state index contributed by atoms with van der Waals surface area (Å²) in [5, 5.41) is 7.10. The van der Waals surface area contributed by atoms with E-state index in [-0.39, 0.29) is 5.88 Å². The van der Waals surface area contributed by atoms with Gasteiger partial charge in [-0.3, -0.25) is 4.68 Å². The number of nitrogens with zero attached hydrogens (tertiary/aromatic N) is 3. The van der Waals surface area contributed by atoms with Crippen molar-refractivity contribution in [3.63, 3.8) is 0 Å². The van der Waals surface area contributed by atoms with E-state index in [4.69, 9.17) is 4.74 Å². The van der Waals surface area contributed by atoms with Crippen LogP contribution in [-0.4, -0.2) is 21.3 Å². The Kier molecular flexibility index (Phi) is 4.46. The van der Waals surface area contributed by atoms with Gasteiger partial charge in [-0.2, -0.15) is 5.10 Å². The number of hydrogen-bond donors (Lipinski definition) is 1. The number of aryl methyl sites for hydroxylation is 1. The number of ether oxygens (including phenoxy) is 1. The topological polar surface area (TPSA) is 52.0 Å². The van der Waals surface area contributed by atoms with Crippen molar-refractivity contribution in [1.82, 2.24) is 20.1 Å². The Morgan fingerprint density at radius 1 is 1.47 bits per heavy atom. The normalized spacial score (nSPS) is 10.7. The Morgan fingerprint density at radius 2 is 2.32 bits per heavy atom. The molecule has 2 rings (SSSR count). The summed E-state index contributed by atoms with van der Waals surface area (Å²) in [5.74, 6) is 0.00585. The number of rotatable bonds is 6. The molecule has 2 aromatic rings. The van der Waals surface area contributed by atoms with Crippen LogP contribution in [0.3, 0.4) is 0 Å². The van der Waals surface area contributed by atoms with E-state index in [1.165, 1.54) is 12.4 Å². The Bertz CT molecular complexity index is 541. The van der Waals surface area contributed by atoms with E-state index >= 15 is 0 Å². The van der Waals surface area contributed by atoms with Crippen LogP contribution in [0, 0.1) is 5.82 Å². The lowest BCUT2D eigenvalue weighted by Crippen LogP contribution is -2.15. The Morgan fingerprint density at radius 3 is 3.00 bits per heavy atom. The molecule has 0 saturated heterocycles. The first-order chi connectivity index (χ1) is 9.20. The van der Waals surface area contributed by atoms with Gasteiger partial charge in [-0.05, 0) is 19.0 Å². The lowest BCUT2D eigenvalue weighted by atomic mass is 10.2. The maximum absolute atomic E-state index is 14.1. The molecule has 0 amide bonds. The molecule has 0 spiro atoms. The third kappa shape index (κ3) is 3.51. The summed E-state index contributed by atoms with van der Waals surface area (Å²) < 4.78 is 21.1. The van der Waals surface area contributed by atoms with Crippen molar-refractivity contribution in [2.45, 2.75) is 19.9 Å². The SMILES string of the molecule is CCCNCc1ccnc(Oc2cnn(C)c2)c1F. The van der Waals surface area contributed by atoms with Crippen molar-refractivity contribution in [3.05, 3.63) is 36.0 Å². The molecule has 6 heteroatoms. The second kappa shape index (κ2) is 6.29. The van der Waals surface area contributed by atoms with Crippen molar-refractivity contribution in [2.24, 2.45) is 7.05 Å². The van der Waals surface area contributed by atoms with Crippen LogP contribution in [0.1, 0.15) is 18.9 Å². The fourth-order valence-electron chi connectivity index (χ4n) is 1.63. The molecular formula is C13H17FN4O. The molecule has 0 aliphatic rings. The van der Waals surface area contributed by atoms with Crippen LogP contribution >= 0.6 is 0 Å². The number of pyridine rings is 1. The summed E-state index contributed by atoms with van der Waals surface area (Å²) in [7, 11) is 1.77. The quantitative estimate of drug-likeness (QED) is 0.813. The highest BCUT2D eigenvalue weighted by Gasteiger charge is 2.12. The van der Waals surface area contributed by atoms with Gasteiger partial charge in [-0.1, -0.05) is 6.92 Å². The molecular weight excluding hydrogens is 247 g/mol. The second-order valence-electron chi connectivity index (χ2n) is 4.22. The molecule has 102 valence electrons. The van der Waals surface area contributed by atoms with Gasteiger partial charge in [0.15, 0.2) is 11.6 Å². The average Bonchev–Trinajstić information content (AvgIpc) is 2.80. The fourth-order valence-corrected chi connectivity index (χ4v) is 1.63. The summed E-state index contributed by atoms with van der Waals surface area (Å²) in [5.41, 5.74) is 0.544. The first-order valence-corrected chi connectivity index (χ1v) is 6.21. The van der Waals surface area contributed by atoms with Crippen molar-refractivity contribution in [1.29, 1.82) is 0 Å². The molecule has 0 aliphatic carbocycles. The minimum Gasteiger partial charge on any atom is -0.433 e. The predicted molar refractivity (Wildman–Crippen MR) is 69.5 cm³/mol. The second-order valence-corrected chi connectivity index (χ2v) is 4.22. The minimum atomic E-state index is -0.435. The summed E-state index contributed by atoms with van der Waals surface area (Å²) in [6.07, 6.45) is 5.72. The average molecular weight is 264 g/mol. The standard InChI is InChI=1S/C13H17FN4O/c1-3-5-15-7-10-4-6-16-13(12(10)14)19-11-8-17-18(2)9-11/h4,6,8-9,15H,3,5,7H2,1-2H3. The van der Waals surface area contributed by atoms with Gasteiger partial charge < -0.3 is 10.1 Å². The third-order valence-corrected chi connectivity index (χ3v) is 2.58. The molecule has 0 bridgehead atoms. The number of aromatic nitrogens is 3. The first-order valence-electron chi connectivity index (χ1n) is 6.21. The number of nitrogens with one attached hydrogen (secondary N) is 1. The number of halogens is 1. The summed E-state index contributed by atoms with van der Waals surface area (Å²) in [4.78, 5) is 3.91. The van der Waals surface area contributed by atoms with E-state index in [9.17, 15) is 4.39 Å². The highest BCUT2D eigenvalue weighted by Crippen LogP contribution is 2.23. The van der Waals surface area contributed by atoms with Gasteiger partial charge in [0, 0.05) is 25.4 Å². The molecule has 0 atom stereocenters. The largest absolute Gasteiger partial charge is 0.433 e. The molecule has 0 unspecified atom stereocenters. The van der Waals surface area contributed by atoms with Crippen LogP contribution < -0.4 is 10.1 Å². The monoisotopic (exact) mass is 264 g/mol. The van der Waals surface area contributed by atoms with E-state index in [0.717, 1.165) is 13.0 Å². The zero-order valence-corrected chi connectivity index (χ0v) is 11.1. The molecule has 0 aliphatic heterocycles. The lowest BCUT2D eigenvalue weighted by Gasteiger charge is -2.08. The Balaban J connectivity index is 2.10. The molecule has 0 aromatic carbocycles. The summed E-state index contributed by atoms with van der Waals surface area (Å²) in [6, 6.07) is 1.65. The van der Waals surface area contributed by atoms with E-state index < -0.39 is 5.82 Å². The van der Waals surface area contributed by atoms with Crippen molar-refractivity contribution in [3.8, 4) is 11.6 Å². The fraction of sp³-hybridized carbons (Fsp3) is 0.385. The van der Waals surface area contributed by atoms with Gasteiger partial charge in [0.1, 0.15) is 0 Å². The van der Waals surface area contributed by atoms with E-state index in [0.29, 0.717) is 17.9 Å². The third-order valence-electron chi connectivity index (χ3n) is 2.58. The van der Waals surface area contributed by atoms with Gasteiger partial charge in [0.05, 0.1) is 12.4 Å². The molecule has 2 aromatic heterocycles. The van der Waals surface area contributed by atoms with Crippen LogP contribution in [-0.2, 0) is 13.6 Å². The smallest absolute Gasteiger partial charge is 0.256 e. The van der Waals surface area contributed by atoms with Crippen molar-refractivity contribution >= 4 is 0 Å². The lowest BCUT2D eigenvalue weighted by molar-refractivity contribution is 0.417. The molecule has 19 heavy (non-hydrogen) atoms. The highest BCUT2D eigenvalue weighted by atomic mass is 19.1. The molecule has 0 fully saturated rings. The van der Waals surface area contributed by atoms with Crippen LogP contribution in [0.4, 0.5) is 4.39 Å². The van der Waals surface area contributed by atoms with E-state index in [1.807, 2.05) is 0 Å². The molecule has 5 nitrogen and oxygen atoms in total. The highest BCUT2D eigenvalue weighted by molar-refractivity contribution is 5.27. The Hall–Kier alpha value is -1.95. The Labute approximate surface area is 111 Å². The van der Waals surface area contributed by atoms with Crippen LogP contribution in [0.5, 0.6) is 11.6 Å². The van der Waals surface area contributed by atoms with Gasteiger partial charge in [-0.15, -0.1) is 0 Å². The van der Waals surface area contributed by atoms with Gasteiger partial charge in [-0.25, -0.2) is 9.37 Å². The molecule has 0 saturated carbocycles. The number of hydrogen-bond acceptors (Lipinski definition) is 4. The van der Waals surface area contributed by atoms with Crippen LogP contribution in [0.2, 0.25) is 0 Å². The van der Waals surface area contributed by atoms with E-state index in [1.54, 1.807) is 24.0 Å². The first kappa shape index (κ1) is 13.5. The summed E-state index contributed by atoms with van der Waals surface area (Å²) >= 11 is 0. The summed E-state index contributed by atoms with van der Waals surface area (Å²) in [6.45, 7) is 3.37. The molecule has 0 radical (unpaired) electrons. The molecule has 2 heterocycles. The van der Waals surface area contributed by atoms with Crippen molar-refractivity contribution in [2.75, 3.05) is 6.54 Å². The predicted octanol–water partition coefficient (Wildman–Crippen LogP) is 2.25. The van der Waals surface area contributed by atoms with Gasteiger partial charge in [0.25, 0.3) is 5.88 Å². The van der Waals surface area contributed by atoms with Gasteiger partial charge >= 0.3 is 0 Å². The van der Waals surface area contributed by atoms with Crippen LogP contribution in [0.25, 0.3) is 0 Å². The van der Waals surface area contributed by atoms with Gasteiger partial charge in [0.2, 0.25) is 0 Å². The van der Waals surface area contributed by atoms with Crippen molar-refractivity contribution < 1.29 is 9.13 Å². The maximum atomic E-state index is 14.1.